The largest absolute Gasteiger partial charge is 0.394 e. The molecule has 4 nitrogen and oxygen atoms in total. The third-order valence-electron chi connectivity index (χ3n) is 2.10. The predicted octanol–water partition coefficient (Wildman–Crippen LogP) is -0.972. The summed E-state index contributed by atoms with van der Waals surface area (Å²) in [5.41, 5.74) is 5.73. The van der Waals surface area contributed by atoms with Gasteiger partial charge in [0.2, 0.25) is 0 Å². The third-order valence-corrected chi connectivity index (χ3v) is 2.10. The zero-order valence-corrected chi connectivity index (χ0v) is 7.41. The fraction of sp³-hybridized carbons (Fsp3) is 1.00. The molecule has 1 aliphatic rings. The topological polar surface area (TPSA) is 58.7 Å². The van der Waals surface area contributed by atoms with Gasteiger partial charge in [0, 0.05) is 19.1 Å². The van der Waals surface area contributed by atoms with E-state index in [0.29, 0.717) is 19.3 Å². The summed E-state index contributed by atoms with van der Waals surface area (Å²) in [5.74, 6) is 0. The van der Waals surface area contributed by atoms with Gasteiger partial charge in [0.15, 0.2) is 0 Å². The van der Waals surface area contributed by atoms with Crippen molar-refractivity contribution in [2.75, 3.05) is 39.5 Å². The minimum absolute atomic E-state index is 0.111. The van der Waals surface area contributed by atoms with E-state index in [-0.39, 0.29) is 6.61 Å². The van der Waals surface area contributed by atoms with Crippen LogP contribution in [0, 0.1) is 0 Å². The van der Waals surface area contributed by atoms with E-state index in [1.807, 2.05) is 0 Å². The molecule has 1 saturated heterocycles. The first-order valence-electron chi connectivity index (χ1n) is 4.49. The minimum Gasteiger partial charge on any atom is -0.394 e. The smallest absolute Gasteiger partial charge is 0.0698 e. The molecule has 0 aliphatic carbocycles. The number of nitrogens with two attached hydrogens (primary N) is 1. The minimum atomic E-state index is 0.111. The Balaban J connectivity index is 1.93. The highest BCUT2D eigenvalue weighted by Crippen LogP contribution is 2.05. The molecule has 0 aromatic carbocycles. The Morgan fingerprint density at radius 3 is 2.92 bits per heavy atom. The van der Waals surface area contributed by atoms with Crippen LogP contribution in [0.25, 0.3) is 0 Å². The van der Waals surface area contributed by atoms with Gasteiger partial charge in [-0.1, -0.05) is 0 Å². The van der Waals surface area contributed by atoms with Gasteiger partial charge in [0.05, 0.1) is 19.8 Å². The molecule has 1 rings (SSSR count). The summed E-state index contributed by atoms with van der Waals surface area (Å²) in [5, 5.41) is 8.44. The normalized spacial score (nSPS) is 25.0. The molecule has 1 atom stereocenters. The van der Waals surface area contributed by atoms with Crippen LogP contribution in [0.3, 0.4) is 0 Å². The van der Waals surface area contributed by atoms with Gasteiger partial charge in [-0.2, -0.15) is 0 Å². The maximum absolute atomic E-state index is 8.44. The lowest BCUT2D eigenvalue weighted by Gasteiger charge is -2.14. The monoisotopic (exact) mass is 174 g/mol. The lowest BCUT2D eigenvalue weighted by Crippen LogP contribution is -2.29. The first-order chi connectivity index (χ1) is 5.83. The Morgan fingerprint density at radius 2 is 2.33 bits per heavy atom. The molecule has 0 radical (unpaired) electrons. The van der Waals surface area contributed by atoms with Crippen molar-refractivity contribution in [3.05, 3.63) is 0 Å². The van der Waals surface area contributed by atoms with Crippen molar-refractivity contribution in [2.45, 2.75) is 12.5 Å². The van der Waals surface area contributed by atoms with Crippen LogP contribution in [0.15, 0.2) is 0 Å². The van der Waals surface area contributed by atoms with Crippen molar-refractivity contribution >= 4 is 0 Å². The maximum Gasteiger partial charge on any atom is 0.0698 e. The molecule has 0 spiro atoms. The molecule has 0 bridgehead atoms. The van der Waals surface area contributed by atoms with Crippen LogP contribution < -0.4 is 5.73 Å². The SMILES string of the molecule is N[C@H]1CCN(CCOCCO)C1. The summed E-state index contributed by atoms with van der Waals surface area (Å²) >= 11 is 0. The number of aliphatic hydroxyl groups excluding tert-OH is 1. The maximum atomic E-state index is 8.44. The summed E-state index contributed by atoms with van der Waals surface area (Å²) in [4.78, 5) is 2.29. The van der Waals surface area contributed by atoms with Crippen LogP contribution in [-0.2, 0) is 4.74 Å². The van der Waals surface area contributed by atoms with Gasteiger partial charge in [0.25, 0.3) is 0 Å². The van der Waals surface area contributed by atoms with Crippen LogP contribution in [0.1, 0.15) is 6.42 Å². The number of likely N-dealkylation sites (tertiary alicyclic amines) is 1. The van der Waals surface area contributed by atoms with Crippen molar-refractivity contribution in [3.8, 4) is 0 Å². The van der Waals surface area contributed by atoms with E-state index < -0.39 is 0 Å². The standard InChI is InChI=1S/C8H18N2O2/c9-8-1-2-10(7-8)3-5-12-6-4-11/h8,11H,1-7,9H2/t8-/m0/s1. The van der Waals surface area contributed by atoms with Crippen molar-refractivity contribution in [1.29, 1.82) is 0 Å². The molecule has 12 heavy (non-hydrogen) atoms. The van der Waals surface area contributed by atoms with Gasteiger partial charge < -0.3 is 15.6 Å². The highest BCUT2D eigenvalue weighted by atomic mass is 16.5. The molecule has 0 aromatic rings. The van der Waals surface area contributed by atoms with E-state index in [1.165, 1.54) is 0 Å². The molecule has 0 saturated carbocycles. The van der Waals surface area contributed by atoms with E-state index in [4.69, 9.17) is 15.6 Å². The van der Waals surface area contributed by atoms with E-state index in [2.05, 4.69) is 4.90 Å². The van der Waals surface area contributed by atoms with Gasteiger partial charge in [-0.15, -0.1) is 0 Å². The molecule has 4 heteroatoms. The van der Waals surface area contributed by atoms with Crippen molar-refractivity contribution in [1.82, 2.24) is 4.90 Å². The first kappa shape index (κ1) is 9.92. The Labute approximate surface area is 73.3 Å². The average Bonchev–Trinajstić information content (AvgIpc) is 2.45. The third kappa shape index (κ3) is 3.49. The molecule has 0 unspecified atom stereocenters. The van der Waals surface area contributed by atoms with Crippen LogP contribution in [0.2, 0.25) is 0 Å². The summed E-state index contributed by atoms with van der Waals surface area (Å²) < 4.78 is 5.15. The van der Waals surface area contributed by atoms with E-state index >= 15 is 0 Å². The average molecular weight is 174 g/mol. The Morgan fingerprint density at radius 1 is 1.50 bits per heavy atom. The second-order valence-corrected chi connectivity index (χ2v) is 3.19. The van der Waals surface area contributed by atoms with Gasteiger partial charge in [-0.25, -0.2) is 0 Å². The predicted molar refractivity (Wildman–Crippen MR) is 46.9 cm³/mol. The second kappa shape index (κ2) is 5.48. The van der Waals surface area contributed by atoms with E-state index in [0.717, 1.165) is 26.1 Å². The molecule has 0 amide bonds. The van der Waals surface area contributed by atoms with Crippen molar-refractivity contribution < 1.29 is 9.84 Å². The molecule has 1 fully saturated rings. The van der Waals surface area contributed by atoms with E-state index in [9.17, 15) is 0 Å². The van der Waals surface area contributed by atoms with Gasteiger partial charge in [-0.3, -0.25) is 4.90 Å². The molecule has 3 N–H and O–H groups in total. The summed E-state index contributed by atoms with van der Waals surface area (Å²) in [6.45, 7) is 4.27. The fourth-order valence-corrected chi connectivity index (χ4v) is 1.43. The number of aliphatic hydroxyl groups is 1. The molecular formula is C8H18N2O2. The lowest BCUT2D eigenvalue weighted by atomic mass is 10.3. The molecule has 1 heterocycles. The number of nitrogens with zero attached hydrogens (tertiary/aromatic N) is 1. The summed E-state index contributed by atoms with van der Waals surface area (Å²) in [7, 11) is 0. The number of hydrogen-bond donors (Lipinski definition) is 2. The zero-order valence-electron chi connectivity index (χ0n) is 7.41. The quantitative estimate of drug-likeness (QED) is 0.526. The molecule has 72 valence electrons. The van der Waals surface area contributed by atoms with Gasteiger partial charge >= 0.3 is 0 Å². The lowest BCUT2D eigenvalue weighted by molar-refractivity contribution is 0.0779. The highest BCUT2D eigenvalue weighted by Gasteiger charge is 2.17. The number of rotatable bonds is 5. The number of ether oxygens (including phenoxy) is 1. The van der Waals surface area contributed by atoms with Crippen LogP contribution in [-0.4, -0.2) is 55.5 Å². The van der Waals surface area contributed by atoms with Crippen LogP contribution in [0.5, 0.6) is 0 Å². The summed E-state index contributed by atoms with van der Waals surface area (Å²) in [6, 6.07) is 0.350. The molecule has 0 aromatic heterocycles. The van der Waals surface area contributed by atoms with Crippen molar-refractivity contribution in [2.24, 2.45) is 5.73 Å². The van der Waals surface area contributed by atoms with Crippen molar-refractivity contribution in [3.63, 3.8) is 0 Å². The Hall–Kier alpha value is -0.160. The molecular weight excluding hydrogens is 156 g/mol. The first-order valence-corrected chi connectivity index (χ1v) is 4.49. The number of hydrogen-bond acceptors (Lipinski definition) is 4. The van der Waals surface area contributed by atoms with E-state index in [1.54, 1.807) is 0 Å². The zero-order chi connectivity index (χ0) is 8.81. The van der Waals surface area contributed by atoms with Gasteiger partial charge in [0.1, 0.15) is 0 Å². The Kier molecular flexibility index (Phi) is 4.53. The fourth-order valence-electron chi connectivity index (χ4n) is 1.43. The molecule has 1 aliphatic heterocycles. The van der Waals surface area contributed by atoms with Gasteiger partial charge in [-0.05, 0) is 13.0 Å². The van der Waals surface area contributed by atoms with Crippen LogP contribution >= 0.6 is 0 Å². The second-order valence-electron chi connectivity index (χ2n) is 3.19. The highest BCUT2D eigenvalue weighted by molar-refractivity contribution is 4.77. The summed E-state index contributed by atoms with van der Waals surface area (Å²) in [6.07, 6.45) is 1.10. The Bertz CT molecular complexity index is 122. The van der Waals surface area contributed by atoms with Crippen LogP contribution in [0.4, 0.5) is 0 Å².